The minimum absolute atomic E-state index is 0.00940. The Labute approximate surface area is 166 Å². The lowest BCUT2D eigenvalue weighted by atomic mass is 10.0. The Kier molecular flexibility index (Phi) is 7.41. The molecule has 0 heterocycles. The summed E-state index contributed by atoms with van der Waals surface area (Å²) in [5.41, 5.74) is 1.18. The molecule has 0 radical (unpaired) electrons. The molecule has 0 aliphatic carbocycles. The van der Waals surface area contributed by atoms with Gasteiger partial charge in [-0.05, 0) is 30.2 Å². The molecule has 0 spiro atoms. The zero-order valence-corrected chi connectivity index (χ0v) is 16.1. The molecule has 0 saturated heterocycles. The van der Waals surface area contributed by atoms with Gasteiger partial charge in [-0.3, -0.25) is 0 Å². The minimum atomic E-state index is -4.44. The number of halogens is 3. The molecule has 0 N–H and O–H groups in total. The van der Waals surface area contributed by atoms with Crippen LogP contribution in [0.4, 0.5) is 13.2 Å². The highest BCUT2D eigenvalue weighted by Crippen LogP contribution is 2.29. The lowest BCUT2D eigenvalue weighted by molar-refractivity contribution is -0.137. The van der Waals surface area contributed by atoms with E-state index >= 15 is 0 Å². The van der Waals surface area contributed by atoms with Gasteiger partial charge in [-0.2, -0.15) is 13.2 Å². The van der Waals surface area contributed by atoms with Gasteiger partial charge in [0.2, 0.25) is 0 Å². The predicted molar refractivity (Wildman–Crippen MR) is 102 cm³/mol. The van der Waals surface area contributed by atoms with Gasteiger partial charge in [0.15, 0.2) is 0 Å². The molecule has 0 saturated carbocycles. The quantitative estimate of drug-likeness (QED) is 0.217. The molecular weight excluding hydrogens is 387 g/mol. The van der Waals surface area contributed by atoms with Crippen LogP contribution in [0.25, 0.3) is 5.57 Å². The summed E-state index contributed by atoms with van der Waals surface area (Å²) < 4.78 is 48.3. The van der Waals surface area contributed by atoms with Crippen molar-refractivity contribution in [2.75, 3.05) is 14.2 Å². The molecule has 0 amide bonds. The number of nitrogens with zero attached hydrogens (tertiary/aromatic N) is 1. The summed E-state index contributed by atoms with van der Waals surface area (Å²) in [4.78, 5) is 17.3. The number of carbonyl (C=O) groups is 1. The SMILES string of the molecule is COC=C(C(=O)OC)c1ccccc1CON=C(C)c1cccc(C(F)(F)F)c1. The maximum Gasteiger partial charge on any atom is 0.416 e. The Morgan fingerprint density at radius 2 is 1.83 bits per heavy atom. The lowest BCUT2D eigenvalue weighted by Gasteiger charge is -2.11. The van der Waals surface area contributed by atoms with E-state index in [0.717, 1.165) is 12.1 Å². The van der Waals surface area contributed by atoms with Crippen molar-refractivity contribution in [1.82, 2.24) is 0 Å². The zero-order chi connectivity index (χ0) is 21.4. The smallest absolute Gasteiger partial charge is 0.416 e. The summed E-state index contributed by atoms with van der Waals surface area (Å²) in [6.45, 7) is 1.54. The van der Waals surface area contributed by atoms with Gasteiger partial charge < -0.3 is 14.3 Å². The van der Waals surface area contributed by atoms with Gasteiger partial charge >= 0.3 is 12.1 Å². The normalized spacial score (nSPS) is 12.5. The van der Waals surface area contributed by atoms with Crippen LogP contribution in [-0.2, 0) is 31.9 Å². The average molecular weight is 407 g/mol. The van der Waals surface area contributed by atoms with Crippen molar-refractivity contribution in [3.05, 3.63) is 77.0 Å². The third kappa shape index (κ3) is 5.84. The summed E-state index contributed by atoms with van der Waals surface area (Å²) in [7, 11) is 2.67. The molecule has 0 atom stereocenters. The van der Waals surface area contributed by atoms with Crippen LogP contribution in [0.1, 0.15) is 29.2 Å². The Hall–Kier alpha value is -3.29. The third-order valence-corrected chi connectivity index (χ3v) is 3.98. The maximum atomic E-state index is 12.9. The summed E-state index contributed by atoms with van der Waals surface area (Å²) in [5, 5.41) is 3.91. The number of hydrogen-bond donors (Lipinski definition) is 0. The van der Waals surface area contributed by atoms with Crippen LogP contribution in [-0.4, -0.2) is 25.9 Å². The largest absolute Gasteiger partial charge is 0.503 e. The second-order valence-electron chi connectivity index (χ2n) is 5.94. The van der Waals surface area contributed by atoms with Crippen LogP contribution < -0.4 is 0 Å². The van der Waals surface area contributed by atoms with Crippen molar-refractivity contribution < 1.29 is 32.3 Å². The summed E-state index contributed by atoms with van der Waals surface area (Å²) in [6.07, 6.45) is -3.17. The first kappa shape index (κ1) is 22.0. The summed E-state index contributed by atoms with van der Waals surface area (Å²) in [6, 6.07) is 11.8. The van der Waals surface area contributed by atoms with E-state index < -0.39 is 17.7 Å². The molecule has 0 aromatic heterocycles. The fourth-order valence-electron chi connectivity index (χ4n) is 2.53. The van der Waals surface area contributed by atoms with Crippen LogP contribution in [0.2, 0.25) is 0 Å². The number of alkyl halides is 3. The number of ether oxygens (including phenoxy) is 2. The fourth-order valence-corrected chi connectivity index (χ4v) is 2.53. The standard InChI is InChI=1S/C21H20F3NO4/c1-14(15-8-6-9-17(11-15)21(22,23)24)25-29-12-16-7-4-5-10-18(16)19(13-27-2)20(26)28-3/h4-11,13H,12H2,1-3H3. The van der Waals surface area contributed by atoms with E-state index in [0.29, 0.717) is 16.7 Å². The highest BCUT2D eigenvalue weighted by atomic mass is 19.4. The van der Waals surface area contributed by atoms with Crippen molar-refractivity contribution in [3.63, 3.8) is 0 Å². The van der Waals surface area contributed by atoms with Crippen LogP contribution in [0.3, 0.4) is 0 Å². The molecule has 2 aromatic carbocycles. The third-order valence-electron chi connectivity index (χ3n) is 3.98. The van der Waals surface area contributed by atoms with Gasteiger partial charge in [0.25, 0.3) is 0 Å². The Morgan fingerprint density at radius 1 is 1.10 bits per heavy atom. The van der Waals surface area contributed by atoms with Crippen molar-refractivity contribution in [1.29, 1.82) is 0 Å². The molecule has 154 valence electrons. The van der Waals surface area contributed by atoms with E-state index in [2.05, 4.69) is 5.16 Å². The summed E-state index contributed by atoms with van der Waals surface area (Å²) >= 11 is 0. The van der Waals surface area contributed by atoms with E-state index in [1.807, 2.05) is 0 Å². The number of oxime groups is 1. The van der Waals surface area contributed by atoms with Crippen LogP contribution in [0.5, 0.6) is 0 Å². The van der Waals surface area contributed by atoms with Crippen molar-refractivity contribution in [3.8, 4) is 0 Å². The van der Waals surface area contributed by atoms with Crippen molar-refractivity contribution in [2.45, 2.75) is 19.7 Å². The Morgan fingerprint density at radius 3 is 2.48 bits per heavy atom. The molecule has 2 aromatic rings. The Bertz CT molecular complexity index is 920. The van der Waals surface area contributed by atoms with Crippen molar-refractivity contribution in [2.24, 2.45) is 5.16 Å². The fraction of sp³-hybridized carbons (Fsp3) is 0.238. The van der Waals surface area contributed by atoms with Gasteiger partial charge in [0, 0.05) is 5.56 Å². The topological polar surface area (TPSA) is 57.1 Å². The van der Waals surface area contributed by atoms with E-state index in [1.165, 1.54) is 32.6 Å². The van der Waals surface area contributed by atoms with Crippen LogP contribution in [0, 0.1) is 0 Å². The van der Waals surface area contributed by atoms with Gasteiger partial charge in [0.1, 0.15) is 12.2 Å². The summed E-state index contributed by atoms with van der Waals surface area (Å²) in [5.74, 6) is -0.581. The van der Waals surface area contributed by atoms with E-state index in [1.54, 1.807) is 31.2 Å². The molecule has 0 fully saturated rings. The number of rotatable bonds is 7. The van der Waals surface area contributed by atoms with Crippen molar-refractivity contribution >= 4 is 17.3 Å². The minimum Gasteiger partial charge on any atom is -0.503 e. The van der Waals surface area contributed by atoms with Gasteiger partial charge in [-0.1, -0.05) is 41.6 Å². The monoisotopic (exact) mass is 407 g/mol. The lowest BCUT2D eigenvalue weighted by Crippen LogP contribution is -2.08. The van der Waals surface area contributed by atoms with E-state index in [9.17, 15) is 18.0 Å². The maximum absolute atomic E-state index is 12.9. The molecule has 0 aliphatic heterocycles. The predicted octanol–water partition coefficient (Wildman–Crippen LogP) is 4.81. The zero-order valence-electron chi connectivity index (χ0n) is 16.1. The molecule has 0 unspecified atom stereocenters. The second kappa shape index (κ2) is 9.77. The van der Waals surface area contributed by atoms with Gasteiger partial charge in [0.05, 0.1) is 31.8 Å². The molecule has 8 heteroatoms. The molecule has 0 aliphatic rings. The average Bonchev–Trinajstić information content (AvgIpc) is 2.71. The number of benzene rings is 2. The van der Waals surface area contributed by atoms with E-state index in [-0.39, 0.29) is 17.9 Å². The second-order valence-corrected chi connectivity index (χ2v) is 5.94. The molecule has 5 nitrogen and oxygen atoms in total. The molecule has 29 heavy (non-hydrogen) atoms. The number of methoxy groups -OCH3 is 2. The van der Waals surface area contributed by atoms with Crippen LogP contribution in [0.15, 0.2) is 59.9 Å². The van der Waals surface area contributed by atoms with Gasteiger partial charge in [-0.15, -0.1) is 0 Å². The number of hydrogen-bond acceptors (Lipinski definition) is 5. The highest BCUT2D eigenvalue weighted by molar-refractivity contribution is 6.16. The van der Waals surface area contributed by atoms with Crippen LogP contribution >= 0.6 is 0 Å². The molecule has 0 bridgehead atoms. The first-order valence-corrected chi connectivity index (χ1v) is 8.51. The number of esters is 1. The first-order chi connectivity index (χ1) is 13.8. The molecular formula is C21H20F3NO4. The number of carbonyl (C=O) groups excluding carboxylic acids is 1. The molecule has 2 rings (SSSR count). The first-order valence-electron chi connectivity index (χ1n) is 8.51. The Balaban J connectivity index is 2.21. The van der Waals surface area contributed by atoms with E-state index in [4.69, 9.17) is 14.3 Å². The highest BCUT2D eigenvalue weighted by Gasteiger charge is 2.30. The van der Waals surface area contributed by atoms with Gasteiger partial charge in [-0.25, -0.2) is 4.79 Å².